The Kier molecular flexibility index (Phi) is 5.77. The largest absolute Gasteiger partial charge is 0.507 e. The molecule has 0 radical (unpaired) electrons. The van der Waals surface area contributed by atoms with Gasteiger partial charge in [-0.1, -0.05) is 6.92 Å². The zero-order valence-corrected chi connectivity index (χ0v) is 19.1. The van der Waals surface area contributed by atoms with E-state index in [1.165, 1.54) is 10.6 Å². The van der Waals surface area contributed by atoms with Crippen LogP contribution in [-0.4, -0.2) is 39.9 Å². The van der Waals surface area contributed by atoms with Gasteiger partial charge in [-0.3, -0.25) is 14.4 Å². The first kappa shape index (κ1) is 22.7. The van der Waals surface area contributed by atoms with Crippen molar-refractivity contribution in [3.05, 3.63) is 45.2 Å². The smallest absolute Gasteiger partial charge is 0.306 e. The van der Waals surface area contributed by atoms with Crippen LogP contribution in [0, 0.1) is 0 Å². The summed E-state index contributed by atoms with van der Waals surface area (Å²) in [5, 5.41) is 14.1. The van der Waals surface area contributed by atoms with Gasteiger partial charge in [0.25, 0.3) is 5.56 Å². The zero-order valence-electron chi connectivity index (χ0n) is 19.1. The van der Waals surface area contributed by atoms with Crippen LogP contribution in [0.4, 0.5) is 0 Å². The van der Waals surface area contributed by atoms with E-state index in [0.29, 0.717) is 34.8 Å². The van der Waals surface area contributed by atoms with Gasteiger partial charge in [-0.2, -0.15) is 0 Å². The third kappa shape index (κ3) is 3.93. The van der Waals surface area contributed by atoms with E-state index < -0.39 is 11.5 Å². The Hall–Kier alpha value is -4.12. The molecule has 1 aromatic carbocycles. The molecule has 3 aromatic rings. The Morgan fingerprint density at radius 2 is 2.00 bits per heavy atom. The van der Waals surface area contributed by atoms with Crippen molar-refractivity contribution < 1.29 is 28.9 Å². The first-order chi connectivity index (χ1) is 16.9. The SMILES string of the molecule is CCCC(=O)OCc1c(O)cc2n(c1=O)Cc1c-2nc2cc3c(cc2c1CNC(=O)CN)OCO3. The van der Waals surface area contributed by atoms with Crippen LogP contribution < -0.4 is 26.1 Å². The van der Waals surface area contributed by atoms with Crippen molar-refractivity contribution in [3.8, 4) is 28.6 Å². The van der Waals surface area contributed by atoms with Crippen molar-refractivity contribution in [1.29, 1.82) is 0 Å². The predicted molar refractivity (Wildman–Crippen MR) is 124 cm³/mol. The minimum atomic E-state index is -0.475. The van der Waals surface area contributed by atoms with Gasteiger partial charge >= 0.3 is 5.97 Å². The molecular formula is C24H24N4O7. The second-order valence-electron chi connectivity index (χ2n) is 8.32. The van der Waals surface area contributed by atoms with E-state index in [-0.39, 0.29) is 56.7 Å². The average Bonchev–Trinajstić information content (AvgIpc) is 3.44. The number of amides is 1. The van der Waals surface area contributed by atoms with E-state index in [1.54, 1.807) is 12.1 Å². The van der Waals surface area contributed by atoms with Crippen LogP contribution in [0.1, 0.15) is 36.5 Å². The number of hydrogen-bond acceptors (Lipinski definition) is 9. The summed E-state index contributed by atoms with van der Waals surface area (Å²) in [5.74, 6) is 0.0647. The number of benzene rings is 1. The molecular weight excluding hydrogens is 456 g/mol. The van der Waals surface area contributed by atoms with Crippen LogP contribution in [0.5, 0.6) is 17.2 Å². The van der Waals surface area contributed by atoms with E-state index in [0.717, 1.165) is 16.5 Å². The average molecular weight is 480 g/mol. The lowest BCUT2D eigenvalue weighted by molar-refractivity contribution is -0.145. The maximum absolute atomic E-state index is 13.3. The fraction of sp³-hybridized carbons (Fsp3) is 0.333. The van der Waals surface area contributed by atoms with Crippen LogP contribution in [0.15, 0.2) is 23.0 Å². The Morgan fingerprint density at radius 1 is 1.23 bits per heavy atom. The zero-order chi connectivity index (χ0) is 24.7. The molecule has 182 valence electrons. The van der Waals surface area contributed by atoms with Gasteiger partial charge < -0.3 is 34.9 Å². The molecule has 0 aliphatic carbocycles. The number of nitrogens with two attached hydrogens (primary N) is 1. The number of carbonyl (C=O) groups excluding carboxylic acids is 2. The molecule has 0 atom stereocenters. The monoisotopic (exact) mass is 480 g/mol. The fourth-order valence-electron chi connectivity index (χ4n) is 4.35. The van der Waals surface area contributed by atoms with Gasteiger partial charge in [0, 0.05) is 36.0 Å². The molecule has 11 heteroatoms. The second kappa shape index (κ2) is 8.91. The van der Waals surface area contributed by atoms with Crippen molar-refractivity contribution >= 4 is 22.8 Å². The van der Waals surface area contributed by atoms with Crippen LogP contribution in [0.25, 0.3) is 22.3 Å². The molecule has 0 spiro atoms. The maximum Gasteiger partial charge on any atom is 0.306 e. The number of esters is 1. The highest BCUT2D eigenvalue weighted by molar-refractivity contribution is 5.91. The molecule has 1 amide bonds. The second-order valence-corrected chi connectivity index (χ2v) is 8.32. The number of carbonyl (C=O) groups is 2. The highest BCUT2D eigenvalue weighted by atomic mass is 16.7. The molecule has 2 aliphatic rings. The topological polar surface area (TPSA) is 155 Å². The molecule has 0 saturated carbocycles. The number of aromatic nitrogens is 2. The van der Waals surface area contributed by atoms with Crippen LogP contribution >= 0.6 is 0 Å². The lowest BCUT2D eigenvalue weighted by Gasteiger charge is -2.13. The number of ether oxygens (including phenoxy) is 3. The number of nitrogens with one attached hydrogen (secondary N) is 1. The summed E-state index contributed by atoms with van der Waals surface area (Å²) in [6, 6.07) is 5.00. The minimum absolute atomic E-state index is 0.00525. The molecule has 2 aromatic heterocycles. The molecule has 35 heavy (non-hydrogen) atoms. The Bertz CT molecular complexity index is 1430. The summed E-state index contributed by atoms with van der Waals surface area (Å²) in [6.07, 6.45) is 0.843. The quantitative estimate of drug-likeness (QED) is 0.332. The van der Waals surface area contributed by atoms with E-state index in [1.807, 2.05) is 6.92 Å². The van der Waals surface area contributed by atoms with Gasteiger partial charge in [0.05, 0.1) is 35.6 Å². The Morgan fingerprint density at radius 3 is 2.74 bits per heavy atom. The van der Waals surface area contributed by atoms with Crippen molar-refractivity contribution in [3.63, 3.8) is 0 Å². The van der Waals surface area contributed by atoms with Crippen LogP contribution in [-0.2, 0) is 34.0 Å². The first-order valence-electron chi connectivity index (χ1n) is 11.2. The van der Waals surface area contributed by atoms with Gasteiger partial charge in [-0.15, -0.1) is 0 Å². The summed E-state index contributed by atoms with van der Waals surface area (Å²) in [5.41, 5.74) is 7.98. The van der Waals surface area contributed by atoms with Crippen molar-refractivity contribution in [2.24, 2.45) is 5.73 Å². The van der Waals surface area contributed by atoms with Gasteiger partial charge in [0.2, 0.25) is 12.7 Å². The number of pyridine rings is 2. The predicted octanol–water partition coefficient (Wildman–Crippen LogP) is 1.28. The summed E-state index contributed by atoms with van der Waals surface area (Å²) in [7, 11) is 0. The maximum atomic E-state index is 13.3. The number of aromatic hydroxyl groups is 1. The summed E-state index contributed by atoms with van der Waals surface area (Å²) in [6.45, 7) is 1.79. The number of fused-ring (bicyclic) bond motifs is 5. The molecule has 11 nitrogen and oxygen atoms in total. The van der Waals surface area contributed by atoms with Crippen LogP contribution in [0.2, 0.25) is 0 Å². The molecule has 0 unspecified atom stereocenters. The summed E-state index contributed by atoms with van der Waals surface area (Å²) in [4.78, 5) is 41.7. The molecule has 0 fully saturated rings. The van der Waals surface area contributed by atoms with Gasteiger partial charge in [0.1, 0.15) is 12.4 Å². The molecule has 0 saturated heterocycles. The number of hydrogen-bond donors (Lipinski definition) is 3. The lowest BCUT2D eigenvalue weighted by Crippen LogP contribution is -2.30. The molecule has 4 N–H and O–H groups in total. The number of rotatable bonds is 7. The number of nitrogens with zero attached hydrogens (tertiary/aromatic N) is 2. The van der Waals surface area contributed by atoms with Gasteiger partial charge in [-0.25, -0.2) is 4.98 Å². The summed E-state index contributed by atoms with van der Waals surface area (Å²) >= 11 is 0. The van der Waals surface area contributed by atoms with E-state index in [2.05, 4.69) is 5.32 Å². The lowest BCUT2D eigenvalue weighted by atomic mass is 10.00. The van der Waals surface area contributed by atoms with Crippen molar-refractivity contribution in [2.45, 2.75) is 39.5 Å². The molecule has 0 bridgehead atoms. The van der Waals surface area contributed by atoms with Gasteiger partial charge in [0.15, 0.2) is 11.5 Å². The first-order valence-corrected chi connectivity index (χ1v) is 11.2. The van der Waals surface area contributed by atoms with Gasteiger partial charge in [-0.05, 0) is 18.1 Å². The summed E-state index contributed by atoms with van der Waals surface area (Å²) < 4.78 is 17.6. The highest BCUT2D eigenvalue weighted by Crippen LogP contribution is 2.41. The third-order valence-corrected chi connectivity index (χ3v) is 6.11. The van der Waals surface area contributed by atoms with Crippen molar-refractivity contribution in [2.75, 3.05) is 13.3 Å². The Labute approximate surface area is 199 Å². The highest BCUT2D eigenvalue weighted by Gasteiger charge is 2.29. The third-order valence-electron chi connectivity index (χ3n) is 6.11. The van der Waals surface area contributed by atoms with E-state index >= 15 is 0 Å². The molecule has 4 heterocycles. The molecule has 2 aliphatic heterocycles. The van der Waals surface area contributed by atoms with Crippen LogP contribution in [0.3, 0.4) is 0 Å². The normalized spacial score (nSPS) is 13.0. The Balaban J connectivity index is 1.61. The minimum Gasteiger partial charge on any atom is -0.507 e. The van der Waals surface area contributed by atoms with E-state index in [9.17, 15) is 19.5 Å². The van der Waals surface area contributed by atoms with Crippen molar-refractivity contribution in [1.82, 2.24) is 14.9 Å². The van der Waals surface area contributed by atoms with E-state index in [4.69, 9.17) is 24.9 Å². The molecule has 5 rings (SSSR count). The fourth-order valence-corrected chi connectivity index (χ4v) is 4.35. The standard InChI is InChI=1S/C24H24N4O7/c1-2-3-22(31)33-10-15-18(29)6-17-23-14(9-28(17)24(15)32)13(8-26-21(30)7-25)12-4-19-20(35-11-34-19)5-16(12)27-23/h4-6,29H,2-3,7-11,25H2,1H3,(H,26,30).